The van der Waals surface area contributed by atoms with E-state index in [1.165, 1.54) is 18.9 Å². The first-order valence-corrected chi connectivity index (χ1v) is 7.47. The van der Waals surface area contributed by atoms with Crippen molar-refractivity contribution in [3.8, 4) is 5.75 Å². The molecular formula is C17H22F2O. The van der Waals surface area contributed by atoms with Crippen LogP contribution in [-0.2, 0) is 0 Å². The maximum Gasteiger partial charge on any atom is 0.201 e. The van der Waals surface area contributed by atoms with Crippen LogP contribution >= 0.6 is 0 Å². The lowest BCUT2D eigenvalue weighted by Gasteiger charge is -2.22. The zero-order valence-electron chi connectivity index (χ0n) is 12.2. The van der Waals surface area contributed by atoms with E-state index in [1.54, 1.807) is 13.0 Å². The molecule has 0 saturated carbocycles. The molecule has 0 saturated heterocycles. The Bertz CT molecular complexity index is 494. The Hall–Kier alpha value is -1.38. The van der Waals surface area contributed by atoms with Crippen molar-refractivity contribution in [2.45, 2.75) is 46.0 Å². The van der Waals surface area contributed by atoms with Crippen LogP contribution in [0.3, 0.4) is 0 Å². The van der Waals surface area contributed by atoms with Crippen LogP contribution < -0.4 is 4.74 Å². The molecule has 0 bridgehead atoms. The van der Waals surface area contributed by atoms with Gasteiger partial charge in [-0.25, -0.2) is 4.39 Å². The number of benzene rings is 1. The molecule has 0 aromatic heterocycles. The van der Waals surface area contributed by atoms with E-state index in [-0.39, 0.29) is 5.75 Å². The summed E-state index contributed by atoms with van der Waals surface area (Å²) < 4.78 is 33.1. The molecule has 0 spiro atoms. The molecule has 0 radical (unpaired) electrons. The molecule has 20 heavy (non-hydrogen) atoms. The van der Waals surface area contributed by atoms with Crippen molar-refractivity contribution in [1.82, 2.24) is 0 Å². The monoisotopic (exact) mass is 280 g/mol. The molecule has 110 valence electrons. The number of rotatable bonds is 5. The van der Waals surface area contributed by atoms with Crippen LogP contribution in [0.1, 0.15) is 51.5 Å². The smallest absolute Gasteiger partial charge is 0.201 e. The summed E-state index contributed by atoms with van der Waals surface area (Å²) in [6.07, 6.45) is 7.33. The fourth-order valence-corrected chi connectivity index (χ4v) is 2.85. The molecule has 1 aliphatic carbocycles. The van der Waals surface area contributed by atoms with Gasteiger partial charge in [-0.3, -0.25) is 0 Å². The summed E-state index contributed by atoms with van der Waals surface area (Å²) in [5.74, 6) is -0.967. The van der Waals surface area contributed by atoms with E-state index in [0.717, 1.165) is 24.8 Å². The van der Waals surface area contributed by atoms with Crippen LogP contribution in [0.2, 0.25) is 0 Å². The largest absolute Gasteiger partial charge is 0.491 e. The predicted molar refractivity (Wildman–Crippen MR) is 77.8 cm³/mol. The highest BCUT2D eigenvalue weighted by Gasteiger charge is 2.20. The van der Waals surface area contributed by atoms with Crippen molar-refractivity contribution in [2.75, 3.05) is 6.61 Å². The summed E-state index contributed by atoms with van der Waals surface area (Å²) in [6, 6.07) is 3.16. The Balaban J connectivity index is 2.20. The third-order valence-corrected chi connectivity index (χ3v) is 3.91. The molecule has 0 amide bonds. The van der Waals surface area contributed by atoms with E-state index in [9.17, 15) is 8.78 Å². The second-order valence-electron chi connectivity index (χ2n) is 5.33. The molecule has 2 rings (SSSR count). The predicted octanol–water partition coefficient (Wildman–Crippen LogP) is 5.35. The van der Waals surface area contributed by atoms with Crippen LogP contribution in [0.5, 0.6) is 5.75 Å². The van der Waals surface area contributed by atoms with E-state index >= 15 is 0 Å². The molecule has 0 fully saturated rings. The van der Waals surface area contributed by atoms with Crippen LogP contribution in [-0.4, -0.2) is 6.61 Å². The van der Waals surface area contributed by atoms with Gasteiger partial charge in [0.25, 0.3) is 0 Å². The summed E-state index contributed by atoms with van der Waals surface area (Å²) >= 11 is 0. The van der Waals surface area contributed by atoms with Gasteiger partial charge in [-0.15, -0.1) is 0 Å². The Morgan fingerprint density at radius 1 is 1.20 bits per heavy atom. The SMILES string of the molecule is CCCC1CC=C(c2ccc(OCC)c(F)c2F)CC1. The average Bonchev–Trinajstić information content (AvgIpc) is 2.46. The van der Waals surface area contributed by atoms with Gasteiger partial charge in [-0.2, -0.15) is 4.39 Å². The average molecular weight is 280 g/mol. The second kappa shape index (κ2) is 6.87. The highest BCUT2D eigenvalue weighted by molar-refractivity contribution is 5.67. The van der Waals surface area contributed by atoms with Gasteiger partial charge in [-0.05, 0) is 49.8 Å². The van der Waals surface area contributed by atoms with Gasteiger partial charge in [0, 0.05) is 5.56 Å². The quantitative estimate of drug-likeness (QED) is 0.706. The fourth-order valence-electron chi connectivity index (χ4n) is 2.85. The highest BCUT2D eigenvalue weighted by Crippen LogP contribution is 2.35. The number of halogens is 2. The van der Waals surface area contributed by atoms with Crippen molar-refractivity contribution in [2.24, 2.45) is 5.92 Å². The summed E-state index contributed by atoms with van der Waals surface area (Å²) in [4.78, 5) is 0. The summed E-state index contributed by atoms with van der Waals surface area (Å²) in [5.41, 5.74) is 1.32. The molecule has 1 atom stereocenters. The maximum atomic E-state index is 14.1. The highest BCUT2D eigenvalue weighted by atomic mass is 19.2. The summed E-state index contributed by atoms with van der Waals surface area (Å²) in [7, 11) is 0. The van der Waals surface area contributed by atoms with Gasteiger partial charge in [0.15, 0.2) is 11.6 Å². The first-order valence-electron chi connectivity index (χ1n) is 7.47. The molecule has 1 aromatic carbocycles. The van der Waals surface area contributed by atoms with E-state index in [0.29, 0.717) is 18.1 Å². The molecule has 1 aromatic rings. The topological polar surface area (TPSA) is 9.23 Å². The second-order valence-corrected chi connectivity index (χ2v) is 5.33. The van der Waals surface area contributed by atoms with E-state index in [2.05, 4.69) is 13.0 Å². The zero-order valence-corrected chi connectivity index (χ0v) is 12.2. The van der Waals surface area contributed by atoms with E-state index in [1.807, 2.05) is 0 Å². The fraction of sp³-hybridized carbons (Fsp3) is 0.529. The van der Waals surface area contributed by atoms with Crippen molar-refractivity contribution in [3.63, 3.8) is 0 Å². The Labute approximate surface area is 119 Å². The van der Waals surface area contributed by atoms with Gasteiger partial charge in [0.1, 0.15) is 0 Å². The number of allylic oxidation sites excluding steroid dienone is 2. The minimum Gasteiger partial charge on any atom is -0.491 e. The third kappa shape index (κ3) is 3.20. The van der Waals surface area contributed by atoms with Crippen molar-refractivity contribution >= 4 is 5.57 Å². The molecule has 3 heteroatoms. The Morgan fingerprint density at radius 2 is 2.00 bits per heavy atom. The lowest BCUT2D eigenvalue weighted by Crippen LogP contribution is -2.07. The number of hydrogen-bond donors (Lipinski definition) is 0. The standard InChI is InChI=1S/C17H22F2O/c1-3-5-12-6-8-13(9-7-12)14-10-11-15(20-4-2)17(19)16(14)18/h8,10-12H,3-7,9H2,1-2H3. The first-order chi connectivity index (χ1) is 9.67. The van der Waals surface area contributed by atoms with Gasteiger partial charge in [-0.1, -0.05) is 25.8 Å². The number of hydrogen-bond acceptors (Lipinski definition) is 1. The van der Waals surface area contributed by atoms with Gasteiger partial charge < -0.3 is 4.74 Å². The van der Waals surface area contributed by atoms with Crippen LogP contribution in [0.25, 0.3) is 5.57 Å². The van der Waals surface area contributed by atoms with Crippen LogP contribution in [0, 0.1) is 17.6 Å². The first kappa shape index (κ1) is 15.0. The van der Waals surface area contributed by atoms with Crippen molar-refractivity contribution in [3.05, 3.63) is 35.4 Å². The molecule has 1 aliphatic rings. The van der Waals surface area contributed by atoms with Crippen molar-refractivity contribution < 1.29 is 13.5 Å². The van der Waals surface area contributed by atoms with E-state index < -0.39 is 11.6 Å². The maximum absolute atomic E-state index is 14.1. The summed E-state index contributed by atoms with van der Waals surface area (Å²) in [5, 5.41) is 0. The van der Waals surface area contributed by atoms with Crippen molar-refractivity contribution in [1.29, 1.82) is 0 Å². The normalized spacial score (nSPS) is 18.8. The minimum absolute atomic E-state index is 0.00554. The van der Waals surface area contributed by atoms with Gasteiger partial charge >= 0.3 is 0 Å². The Kier molecular flexibility index (Phi) is 5.16. The lowest BCUT2D eigenvalue weighted by atomic mass is 9.84. The summed E-state index contributed by atoms with van der Waals surface area (Å²) in [6.45, 7) is 4.26. The molecular weight excluding hydrogens is 258 g/mol. The zero-order chi connectivity index (χ0) is 14.5. The van der Waals surface area contributed by atoms with Crippen LogP contribution in [0.4, 0.5) is 8.78 Å². The molecule has 0 aliphatic heterocycles. The molecule has 0 heterocycles. The third-order valence-electron chi connectivity index (χ3n) is 3.91. The molecule has 0 N–H and O–H groups in total. The van der Waals surface area contributed by atoms with Gasteiger partial charge in [0.2, 0.25) is 5.82 Å². The molecule has 1 nitrogen and oxygen atoms in total. The number of ether oxygens (including phenoxy) is 1. The molecule has 1 unspecified atom stereocenters. The minimum atomic E-state index is -0.874. The van der Waals surface area contributed by atoms with Crippen LogP contribution in [0.15, 0.2) is 18.2 Å². The lowest BCUT2D eigenvalue weighted by molar-refractivity contribution is 0.314. The van der Waals surface area contributed by atoms with Gasteiger partial charge in [0.05, 0.1) is 6.61 Å². The van der Waals surface area contributed by atoms with E-state index in [4.69, 9.17) is 4.74 Å². The Morgan fingerprint density at radius 3 is 2.60 bits per heavy atom.